The van der Waals surface area contributed by atoms with Crippen LogP contribution in [0.1, 0.15) is 16.7 Å². The lowest BCUT2D eigenvalue weighted by Gasteiger charge is -2.27. The molecule has 2 aromatic rings. The molecule has 1 amide bonds. The minimum absolute atomic E-state index is 0.0338. The first-order valence-corrected chi connectivity index (χ1v) is 9.21. The summed E-state index contributed by atoms with van der Waals surface area (Å²) in [6, 6.07) is 14.9. The highest BCUT2D eigenvalue weighted by atomic mass is 35.5. The molecule has 0 aliphatic carbocycles. The van der Waals surface area contributed by atoms with Gasteiger partial charge in [0.1, 0.15) is 5.75 Å². The van der Waals surface area contributed by atoms with Gasteiger partial charge in [-0.2, -0.15) is 5.26 Å². The number of nitriles is 1. The maximum Gasteiger partial charge on any atom is 0.264 e. The van der Waals surface area contributed by atoms with Crippen molar-refractivity contribution in [2.24, 2.45) is 0 Å². The minimum Gasteiger partial charge on any atom is -0.480 e. The van der Waals surface area contributed by atoms with Crippen LogP contribution in [-0.2, 0) is 17.8 Å². The SMILES string of the molecule is CN(C)CCN(Cc1ccc(C#N)cc1)C(=O)[C@@H]1Cc2cc(Cl)ccc2O1. The number of halogens is 1. The molecule has 0 N–H and O–H groups in total. The first-order chi connectivity index (χ1) is 13.0. The molecule has 0 aromatic heterocycles. The summed E-state index contributed by atoms with van der Waals surface area (Å²) in [6.07, 6.45) is -0.000359. The molecular weight excluding hydrogens is 362 g/mol. The standard InChI is InChI=1S/C21H22ClN3O2/c1-24(2)9-10-25(14-16-5-3-15(13-23)4-6-16)21(26)20-12-17-11-18(22)7-8-19(17)27-20/h3-8,11,20H,9-10,12,14H2,1-2H3/t20-/m0/s1. The molecule has 1 aliphatic heterocycles. The summed E-state index contributed by atoms with van der Waals surface area (Å²) in [5.41, 5.74) is 2.56. The normalized spacial score (nSPS) is 15.1. The van der Waals surface area contributed by atoms with Crippen molar-refractivity contribution in [2.75, 3.05) is 27.2 Å². The lowest BCUT2D eigenvalue weighted by molar-refractivity contribution is -0.138. The summed E-state index contributed by atoms with van der Waals surface area (Å²) in [7, 11) is 3.96. The van der Waals surface area contributed by atoms with Crippen molar-refractivity contribution in [2.45, 2.75) is 19.1 Å². The molecule has 1 atom stereocenters. The number of nitrogens with zero attached hydrogens (tertiary/aromatic N) is 3. The molecular formula is C21H22ClN3O2. The average molecular weight is 384 g/mol. The molecule has 2 aromatic carbocycles. The zero-order valence-corrected chi connectivity index (χ0v) is 16.2. The van der Waals surface area contributed by atoms with Gasteiger partial charge in [0.25, 0.3) is 5.91 Å². The number of rotatable bonds is 6. The largest absolute Gasteiger partial charge is 0.480 e. The molecule has 5 nitrogen and oxygen atoms in total. The topological polar surface area (TPSA) is 56.6 Å². The second-order valence-corrected chi connectivity index (χ2v) is 7.37. The predicted molar refractivity (Wildman–Crippen MR) is 105 cm³/mol. The van der Waals surface area contributed by atoms with Crippen LogP contribution < -0.4 is 4.74 Å². The van der Waals surface area contributed by atoms with Gasteiger partial charge < -0.3 is 14.5 Å². The van der Waals surface area contributed by atoms with Gasteiger partial charge >= 0.3 is 0 Å². The van der Waals surface area contributed by atoms with Gasteiger partial charge in [0, 0.05) is 31.1 Å². The molecule has 0 saturated heterocycles. The summed E-state index contributed by atoms with van der Waals surface area (Å²) in [4.78, 5) is 17.0. The third kappa shape index (κ3) is 4.79. The summed E-state index contributed by atoms with van der Waals surface area (Å²) in [5, 5.41) is 9.59. The first kappa shape index (κ1) is 19.2. The lowest BCUT2D eigenvalue weighted by Crippen LogP contribution is -2.43. The highest BCUT2D eigenvalue weighted by molar-refractivity contribution is 6.30. The van der Waals surface area contributed by atoms with Gasteiger partial charge in [-0.05, 0) is 55.6 Å². The van der Waals surface area contributed by atoms with Gasteiger partial charge in [-0.15, -0.1) is 0 Å². The van der Waals surface area contributed by atoms with E-state index in [4.69, 9.17) is 21.6 Å². The van der Waals surface area contributed by atoms with Crippen molar-refractivity contribution in [3.05, 3.63) is 64.2 Å². The molecule has 140 valence electrons. The second-order valence-electron chi connectivity index (χ2n) is 6.93. The number of amides is 1. The highest BCUT2D eigenvalue weighted by Crippen LogP contribution is 2.31. The third-order valence-electron chi connectivity index (χ3n) is 4.56. The fraction of sp³-hybridized carbons (Fsp3) is 0.333. The van der Waals surface area contributed by atoms with Crippen molar-refractivity contribution in [3.63, 3.8) is 0 Å². The molecule has 1 heterocycles. The molecule has 0 saturated carbocycles. The Balaban J connectivity index is 1.74. The summed E-state index contributed by atoms with van der Waals surface area (Å²) in [6.45, 7) is 1.84. The third-order valence-corrected chi connectivity index (χ3v) is 4.79. The van der Waals surface area contributed by atoms with Crippen LogP contribution in [0.5, 0.6) is 5.75 Å². The molecule has 0 spiro atoms. The van der Waals surface area contributed by atoms with Crippen molar-refractivity contribution in [1.82, 2.24) is 9.80 Å². The summed E-state index contributed by atoms with van der Waals surface area (Å²) < 4.78 is 5.88. The molecule has 6 heteroatoms. The lowest BCUT2D eigenvalue weighted by atomic mass is 10.1. The Morgan fingerprint density at radius 2 is 1.96 bits per heavy atom. The number of benzene rings is 2. The van der Waals surface area contributed by atoms with E-state index in [9.17, 15) is 4.79 Å². The Hall–Kier alpha value is -2.55. The van der Waals surface area contributed by atoms with E-state index in [-0.39, 0.29) is 5.91 Å². The van der Waals surface area contributed by atoms with E-state index in [1.54, 1.807) is 18.2 Å². The van der Waals surface area contributed by atoms with Crippen molar-refractivity contribution < 1.29 is 9.53 Å². The number of carbonyl (C=O) groups excluding carboxylic acids is 1. The van der Waals surface area contributed by atoms with E-state index in [1.165, 1.54) is 0 Å². The highest BCUT2D eigenvalue weighted by Gasteiger charge is 2.32. The van der Waals surface area contributed by atoms with Gasteiger partial charge in [0.05, 0.1) is 11.6 Å². The number of ether oxygens (including phenoxy) is 1. The van der Waals surface area contributed by atoms with Crippen LogP contribution in [0.4, 0.5) is 0 Å². The summed E-state index contributed by atoms with van der Waals surface area (Å²) >= 11 is 6.05. The van der Waals surface area contributed by atoms with Crippen LogP contribution in [0.2, 0.25) is 5.02 Å². The maximum absolute atomic E-state index is 13.1. The molecule has 0 unspecified atom stereocenters. The molecule has 1 aliphatic rings. The predicted octanol–water partition coefficient (Wildman–Crippen LogP) is 3.11. The fourth-order valence-corrected chi connectivity index (χ4v) is 3.25. The quantitative estimate of drug-likeness (QED) is 0.769. The van der Waals surface area contributed by atoms with Gasteiger partial charge in [-0.3, -0.25) is 4.79 Å². The van der Waals surface area contributed by atoms with Crippen LogP contribution in [0.25, 0.3) is 0 Å². The zero-order valence-electron chi connectivity index (χ0n) is 15.5. The molecule has 3 rings (SSSR count). The molecule has 0 radical (unpaired) electrons. The van der Waals surface area contributed by atoms with Crippen LogP contribution in [0.15, 0.2) is 42.5 Å². The molecule has 27 heavy (non-hydrogen) atoms. The van der Waals surface area contributed by atoms with Crippen molar-refractivity contribution >= 4 is 17.5 Å². The van der Waals surface area contributed by atoms with Crippen LogP contribution in [0, 0.1) is 11.3 Å². The zero-order chi connectivity index (χ0) is 19.4. The Bertz CT molecular complexity index is 859. The van der Waals surface area contributed by atoms with Crippen molar-refractivity contribution in [3.8, 4) is 11.8 Å². The van der Waals surface area contributed by atoms with E-state index in [0.717, 1.165) is 23.4 Å². The number of hydrogen-bond acceptors (Lipinski definition) is 4. The monoisotopic (exact) mass is 383 g/mol. The minimum atomic E-state index is -0.529. The van der Waals surface area contributed by atoms with Gasteiger partial charge in [-0.25, -0.2) is 0 Å². The smallest absolute Gasteiger partial charge is 0.264 e. The number of hydrogen-bond donors (Lipinski definition) is 0. The van der Waals surface area contributed by atoms with E-state index in [1.807, 2.05) is 48.2 Å². The van der Waals surface area contributed by atoms with Gasteiger partial charge in [-0.1, -0.05) is 23.7 Å². The Morgan fingerprint density at radius 3 is 2.63 bits per heavy atom. The van der Waals surface area contributed by atoms with E-state index in [0.29, 0.717) is 30.1 Å². The fourth-order valence-electron chi connectivity index (χ4n) is 3.05. The Morgan fingerprint density at radius 1 is 1.22 bits per heavy atom. The average Bonchev–Trinajstić information content (AvgIpc) is 3.08. The second kappa shape index (κ2) is 8.43. The summed E-state index contributed by atoms with van der Waals surface area (Å²) in [5.74, 6) is 0.692. The van der Waals surface area contributed by atoms with Crippen LogP contribution in [-0.4, -0.2) is 49.0 Å². The van der Waals surface area contributed by atoms with Gasteiger partial charge in [0.15, 0.2) is 6.10 Å². The number of fused-ring (bicyclic) bond motifs is 1. The Labute approximate surface area is 164 Å². The van der Waals surface area contributed by atoms with E-state index < -0.39 is 6.10 Å². The number of likely N-dealkylation sites (N-methyl/N-ethyl adjacent to an activating group) is 1. The van der Waals surface area contributed by atoms with E-state index in [2.05, 4.69) is 6.07 Å². The molecule has 0 bridgehead atoms. The van der Waals surface area contributed by atoms with E-state index >= 15 is 0 Å². The van der Waals surface area contributed by atoms with Gasteiger partial charge in [0.2, 0.25) is 0 Å². The van der Waals surface area contributed by atoms with Crippen molar-refractivity contribution in [1.29, 1.82) is 5.26 Å². The molecule has 0 fully saturated rings. The first-order valence-electron chi connectivity index (χ1n) is 8.84. The van der Waals surface area contributed by atoms with Crippen LogP contribution in [0.3, 0.4) is 0 Å². The Kier molecular flexibility index (Phi) is 6.00. The van der Waals surface area contributed by atoms with Crippen LogP contribution >= 0.6 is 11.6 Å². The maximum atomic E-state index is 13.1. The number of carbonyl (C=O) groups is 1.